The quantitative estimate of drug-likeness (QED) is 0.770. The first-order valence-electron chi connectivity index (χ1n) is 9.72. The van der Waals surface area contributed by atoms with Crippen molar-refractivity contribution in [2.75, 3.05) is 33.7 Å². The molecule has 0 radical (unpaired) electrons. The second kappa shape index (κ2) is 8.59. The van der Waals surface area contributed by atoms with Crippen LogP contribution in [0.15, 0.2) is 47.4 Å². The minimum atomic E-state index is -3.72. The second-order valence-corrected chi connectivity index (χ2v) is 9.79. The fourth-order valence-electron chi connectivity index (χ4n) is 3.83. The van der Waals surface area contributed by atoms with Crippen molar-refractivity contribution in [3.63, 3.8) is 0 Å². The molecule has 2 atom stereocenters. The molecule has 1 aliphatic heterocycles. The van der Waals surface area contributed by atoms with Gasteiger partial charge < -0.3 is 10.2 Å². The number of benzene rings is 2. The zero-order valence-electron chi connectivity index (χ0n) is 16.8. The number of sulfonamides is 1. The van der Waals surface area contributed by atoms with Gasteiger partial charge in [0, 0.05) is 19.6 Å². The summed E-state index contributed by atoms with van der Waals surface area (Å²) < 4.78 is 27.8. The highest BCUT2D eigenvalue weighted by atomic mass is 32.2. The van der Waals surface area contributed by atoms with E-state index in [1.54, 1.807) is 12.1 Å². The fraction of sp³-hybridized carbons (Fsp3) is 0.476. The van der Waals surface area contributed by atoms with E-state index in [9.17, 15) is 13.2 Å². The minimum Gasteiger partial charge on any atom is -0.354 e. The Morgan fingerprint density at radius 2 is 1.93 bits per heavy atom. The predicted octanol–water partition coefficient (Wildman–Crippen LogP) is 2.31. The van der Waals surface area contributed by atoms with Crippen LogP contribution in [0.5, 0.6) is 0 Å². The van der Waals surface area contributed by atoms with Gasteiger partial charge in [-0.1, -0.05) is 37.3 Å². The lowest BCUT2D eigenvalue weighted by atomic mass is 10.1. The van der Waals surface area contributed by atoms with Gasteiger partial charge in [-0.15, -0.1) is 0 Å². The normalized spacial score (nSPS) is 19.2. The van der Waals surface area contributed by atoms with Crippen LogP contribution in [-0.2, 0) is 14.8 Å². The van der Waals surface area contributed by atoms with E-state index in [2.05, 4.69) is 17.1 Å². The number of fused-ring (bicyclic) bond motifs is 1. The molecule has 1 N–H and O–H groups in total. The summed E-state index contributed by atoms with van der Waals surface area (Å²) >= 11 is 0. The molecule has 0 unspecified atom stereocenters. The highest BCUT2D eigenvalue weighted by Gasteiger charge is 2.39. The lowest BCUT2D eigenvalue weighted by molar-refractivity contribution is -0.124. The van der Waals surface area contributed by atoms with E-state index in [-0.39, 0.29) is 10.8 Å². The van der Waals surface area contributed by atoms with Crippen LogP contribution in [0.25, 0.3) is 10.8 Å². The molecular weight excluding hydrogens is 374 g/mol. The standard InChI is InChI=1S/C21H29N3O3S/c1-16(15-23(2)3)14-22-21(25)20-9-6-12-24(20)28(26,27)19-11-10-17-7-4-5-8-18(17)13-19/h4-5,7-8,10-11,13,16,20H,6,9,12,14-15H2,1-3H3,(H,22,25)/t16-,20+/m0/s1. The van der Waals surface area contributed by atoms with Crippen molar-refractivity contribution in [3.05, 3.63) is 42.5 Å². The number of hydrogen-bond donors (Lipinski definition) is 1. The Balaban J connectivity index is 1.75. The molecule has 7 heteroatoms. The zero-order valence-corrected chi connectivity index (χ0v) is 17.6. The van der Waals surface area contributed by atoms with Crippen LogP contribution in [-0.4, -0.2) is 63.3 Å². The van der Waals surface area contributed by atoms with E-state index in [0.717, 1.165) is 17.3 Å². The predicted molar refractivity (Wildman–Crippen MR) is 112 cm³/mol. The first-order chi connectivity index (χ1) is 13.3. The van der Waals surface area contributed by atoms with Gasteiger partial charge in [0.05, 0.1) is 4.90 Å². The van der Waals surface area contributed by atoms with Crippen LogP contribution < -0.4 is 5.32 Å². The lowest BCUT2D eigenvalue weighted by Gasteiger charge is -2.24. The first-order valence-corrected chi connectivity index (χ1v) is 11.2. The average molecular weight is 404 g/mol. The Hall–Kier alpha value is -1.96. The van der Waals surface area contributed by atoms with Crippen molar-refractivity contribution < 1.29 is 13.2 Å². The topological polar surface area (TPSA) is 69.7 Å². The number of carbonyl (C=O) groups is 1. The third-order valence-corrected chi connectivity index (χ3v) is 7.04. The third-order valence-electron chi connectivity index (χ3n) is 5.14. The Bertz CT molecular complexity index is 943. The molecule has 2 aromatic rings. The Morgan fingerprint density at radius 1 is 1.21 bits per heavy atom. The van der Waals surface area contributed by atoms with Gasteiger partial charge in [-0.05, 0) is 55.8 Å². The molecule has 0 spiro atoms. The van der Waals surface area contributed by atoms with Crippen molar-refractivity contribution in [2.24, 2.45) is 5.92 Å². The summed E-state index contributed by atoms with van der Waals surface area (Å²) in [5.41, 5.74) is 0. The van der Waals surface area contributed by atoms with E-state index < -0.39 is 16.1 Å². The summed E-state index contributed by atoms with van der Waals surface area (Å²) in [6, 6.07) is 12.2. The molecular formula is C21H29N3O3S. The van der Waals surface area contributed by atoms with Gasteiger partial charge in [0.15, 0.2) is 0 Å². The highest BCUT2D eigenvalue weighted by Crippen LogP contribution is 2.28. The number of nitrogens with zero attached hydrogens (tertiary/aromatic N) is 2. The number of carbonyl (C=O) groups excluding carboxylic acids is 1. The molecule has 1 heterocycles. The summed E-state index contributed by atoms with van der Waals surface area (Å²) in [6.07, 6.45) is 1.25. The minimum absolute atomic E-state index is 0.201. The molecule has 1 fully saturated rings. The molecule has 152 valence electrons. The summed E-state index contributed by atoms with van der Waals surface area (Å²) in [4.78, 5) is 15.0. The van der Waals surface area contributed by atoms with Crippen molar-refractivity contribution >= 4 is 26.7 Å². The maximum atomic E-state index is 13.2. The monoisotopic (exact) mass is 403 g/mol. The maximum Gasteiger partial charge on any atom is 0.243 e. The number of hydrogen-bond acceptors (Lipinski definition) is 4. The Morgan fingerprint density at radius 3 is 2.64 bits per heavy atom. The van der Waals surface area contributed by atoms with Crippen LogP contribution in [0, 0.1) is 5.92 Å². The van der Waals surface area contributed by atoms with Crippen molar-refractivity contribution in [3.8, 4) is 0 Å². The molecule has 0 saturated carbocycles. The fourth-order valence-corrected chi connectivity index (χ4v) is 5.53. The van der Waals surface area contributed by atoms with Gasteiger partial charge in [-0.2, -0.15) is 4.31 Å². The summed E-state index contributed by atoms with van der Waals surface area (Å²) in [5.74, 6) is 0.0957. The molecule has 2 aromatic carbocycles. The van der Waals surface area contributed by atoms with Crippen LogP contribution in [0.2, 0.25) is 0 Å². The lowest BCUT2D eigenvalue weighted by Crippen LogP contribution is -2.47. The largest absolute Gasteiger partial charge is 0.354 e. The van der Waals surface area contributed by atoms with Crippen LogP contribution >= 0.6 is 0 Å². The SMILES string of the molecule is C[C@@H](CNC(=O)[C@H]1CCCN1S(=O)(=O)c1ccc2ccccc2c1)CN(C)C. The zero-order chi connectivity index (χ0) is 20.3. The maximum absolute atomic E-state index is 13.2. The summed E-state index contributed by atoms with van der Waals surface area (Å²) in [5, 5.41) is 4.81. The van der Waals surface area contributed by atoms with E-state index >= 15 is 0 Å². The van der Waals surface area contributed by atoms with Gasteiger partial charge in [0.1, 0.15) is 6.04 Å². The number of rotatable bonds is 7. The smallest absolute Gasteiger partial charge is 0.243 e. The van der Waals surface area contributed by atoms with Crippen molar-refractivity contribution in [2.45, 2.75) is 30.7 Å². The molecule has 0 aliphatic carbocycles. The molecule has 1 amide bonds. The highest BCUT2D eigenvalue weighted by molar-refractivity contribution is 7.89. The molecule has 0 aromatic heterocycles. The summed E-state index contributed by atoms with van der Waals surface area (Å²) in [7, 11) is 0.269. The molecule has 1 aliphatic rings. The van der Waals surface area contributed by atoms with Crippen LogP contribution in [0.3, 0.4) is 0 Å². The molecule has 6 nitrogen and oxygen atoms in total. The molecule has 0 bridgehead atoms. The molecule has 1 saturated heterocycles. The molecule has 28 heavy (non-hydrogen) atoms. The number of nitrogens with one attached hydrogen (secondary N) is 1. The van der Waals surface area contributed by atoms with E-state index in [0.29, 0.717) is 31.8 Å². The van der Waals surface area contributed by atoms with Crippen LogP contribution in [0.1, 0.15) is 19.8 Å². The second-order valence-electron chi connectivity index (χ2n) is 7.90. The van der Waals surface area contributed by atoms with Crippen molar-refractivity contribution in [1.29, 1.82) is 0 Å². The van der Waals surface area contributed by atoms with Crippen molar-refractivity contribution in [1.82, 2.24) is 14.5 Å². The van der Waals surface area contributed by atoms with Crippen LogP contribution in [0.4, 0.5) is 0 Å². The van der Waals surface area contributed by atoms with Gasteiger partial charge in [-0.3, -0.25) is 4.79 Å². The Labute approximate surface area is 167 Å². The van der Waals surface area contributed by atoms with E-state index in [4.69, 9.17) is 0 Å². The Kier molecular flexibility index (Phi) is 6.37. The van der Waals surface area contributed by atoms with Gasteiger partial charge in [0.2, 0.25) is 15.9 Å². The van der Waals surface area contributed by atoms with Gasteiger partial charge in [-0.25, -0.2) is 8.42 Å². The summed E-state index contributed by atoms with van der Waals surface area (Å²) in [6.45, 7) is 3.85. The van der Waals surface area contributed by atoms with E-state index in [1.165, 1.54) is 4.31 Å². The third kappa shape index (κ3) is 4.54. The number of amides is 1. The van der Waals surface area contributed by atoms with E-state index in [1.807, 2.05) is 44.4 Å². The van der Waals surface area contributed by atoms with Gasteiger partial charge >= 0.3 is 0 Å². The van der Waals surface area contributed by atoms with Gasteiger partial charge in [0.25, 0.3) is 0 Å². The first kappa shape index (κ1) is 20.8. The molecule has 3 rings (SSSR count). The average Bonchev–Trinajstić information content (AvgIpc) is 3.16.